The number of rotatable bonds is 8. The fourth-order valence-electron chi connectivity index (χ4n) is 3.82. The third-order valence-corrected chi connectivity index (χ3v) is 6.39. The molecule has 0 aliphatic carbocycles. The van der Waals surface area contributed by atoms with Gasteiger partial charge in [-0.25, -0.2) is 9.78 Å². The summed E-state index contributed by atoms with van der Waals surface area (Å²) in [5.74, 6) is 0.516. The zero-order valence-electron chi connectivity index (χ0n) is 20.3. The summed E-state index contributed by atoms with van der Waals surface area (Å²) in [6.45, 7) is 0.900. The number of nitrogens with one attached hydrogen (secondary N) is 2. The molecule has 11 nitrogen and oxygen atoms in total. The van der Waals surface area contributed by atoms with Gasteiger partial charge in [-0.2, -0.15) is 10.2 Å². The molecule has 2 N–H and O–H groups in total. The van der Waals surface area contributed by atoms with Crippen LogP contribution in [0.2, 0.25) is 0 Å². The number of fused-ring (bicyclic) bond motifs is 1. The summed E-state index contributed by atoms with van der Waals surface area (Å²) >= 11 is 1.21. The van der Waals surface area contributed by atoms with Crippen LogP contribution in [0.25, 0.3) is 0 Å². The molecule has 0 saturated heterocycles. The van der Waals surface area contributed by atoms with Crippen LogP contribution in [0.4, 0.5) is 28.8 Å². The standard InChI is InChI=1S/C24H25N7O4S/c1-30(2)13-20(32)31-7-5-14-9-19(34-3)17(10-18(14)31)28-24-26-12-15(11-25)22(29-24)27-16-6-8-36-21(16)23(33)35-4/h6,8-10,12H,5,7,13H2,1-4H3,(H2,26,27,28,29). The number of nitrogens with zero attached hydrogens (tertiary/aromatic N) is 5. The van der Waals surface area contributed by atoms with E-state index in [0.29, 0.717) is 35.1 Å². The van der Waals surface area contributed by atoms with E-state index in [1.54, 1.807) is 23.5 Å². The average Bonchev–Trinajstić information content (AvgIpc) is 3.49. The van der Waals surface area contributed by atoms with Crippen molar-refractivity contribution in [3.05, 3.63) is 45.8 Å². The molecule has 3 aromatic rings. The molecule has 3 heterocycles. The minimum atomic E-state index is -0.491. The highest BCUT2D eigenvalue weighted by Crippen LogP contribution is 2.38. The van der Waals surface area contributed by atoms with Gasteiger partial charge in [0.15, 0.2) is 5.82 Å². The largest absolute Gasteiger partial charge is 0.495 e. The molecule has 0 saturated carbocycles. The molecule has 12 heteroatoms. The van der Waals surface area contributed by atoms with E-state index < -0.39 is 5.97 Å². The maximum absolute atomic E-state index is 12.7. The molecule has 36 heavy (non-hydrogen) atoms. The number of carbonyl (C=O) groups excluding carboxylic acids is 2. The molecule has 0 atom stereocenters. The van der Waals surface area contributed by atoms with Gasteiger partial charge in [0.25, 0.3) is 0 Å². The average molecular weight is 508 g/mol. The van der Waals surface area contributed by atoms with Crippen LogP contribution in [0.5, 0.6) is 5.75 Å². The SMILES string of the molecule is COC(=O)c1sccc1Nc1nc(Nc2cc3c(cc2OC)CCN3C(=O)CN(C)C)ncc1C#N. The summed E-state index contributed by atoms with van der Waals surface area (Å²) in [5.41, 5.74) is 3.06. The van der Waals surface area contributed by atoms with Crippen LogP contribution in [0.1, 0.15) is 20.8 Å². The highest BCUT2D eigenvalue weighted by atomic mass is 32.1. The van der Waals surface area contributed by atoms with Gasteiger partial charge in [0.2, 0.25) is 11.9 Å². The van der Waals surface area contributed by atoms with Crippen molar-refractivity contribution in [1.29, 1.82) is 5.26 Å². The summed E-state index contributed by atoms with van der Waals surface area (Å²) in [5, 5.41) is 17.4. The molecule has 1 aliphatic rings. The van der Waals surface area contributed by atoms with Crippen molar-refractivity contribution in [3.63, 3.8) is 0 Å². The van der Waals surface area contributed by atoms with Gasteiger partial charge in [0.1, 0.15) is 22.3 Å². The van der Waals surface area contributed by atoms with Gasteiger partial charge in [0, 0.05) is 12.2 Å². The lowest BCUT2D eigenvalue weighted by molar-refractivity contribution is -0.119. The van der Waals surface area contributed by atoms with Gasteiger partial charge < -0.3 is 29.9 Å². The fourth-order valence-corrected chi connectivity index (χ4v) is 4.59. The lowest BCUT2D eigenvalue weighted by Gasteiger charge is -2.21. The summed E-state index contributed by atoms with van der Waals surface area (Å²) < 4.78 is 10.4. The van der Waals surface area contributed by atoms with Gasteiger partial charge >= 0.3 is 5.97 Å². The first-order chi connectivity index (χ1) is 17.3. The molecular formula is C24H25N7O4S. The predicted octanol–water partition coefficient (Wildman–Crippen LogP) is 3.14. The number of esters is 1. The third kappa shape index (κ3) is 5.07. The maximum atomic E-state index is 12.7. The molecule has 0 fully saturated rings. The van der Waals surface area contributed by atoms with Crippen molar-refractivity contribution >= 4 is 52.0 Å². The molecular weight excluding hydrogens is 482 g/mol. The lowest BCUT2D eigenvalue weighted by Crippen LogP contribution is -2.36. The van der Waals surface area contributed by atoms with Crippen LogP contribution in [0.3, 0.4) is 0 Å². The Morgan fingerprint density at radius 3 is 2.75 bits per heavy atom. The Morgan fingerprint density at radius 1 is 1.25 bits per heavy atom. The van der Waals surface area contributed by atoms with Crippen molar-refractivity contribution in [2.24, 2.45) is 0 Å². The number of amides is 1. The Balaban J connectivity index is 1.65. The van der Waals surface area contributed by atoms with Crippen molar-refractivity contribution in [2.45, 2.75) is 6.42 Å². The van der Waals surface area contributed by atoms with E-state index in [1.807, 2.05) is 31.1 Å². The van der Waals surface area contributed by atoms with Crippen LogP contribution in [-0.2, 0) is 16.0 Å². The fraction of sp³-hybridized carbons (Fsp3) is 0.292. The van der Waals surface area contributed by atoms with Gasteiger partial charge in [-0.15, -0.1) is 11.3 Å². The number of hydrogen-bond acceptors (Lipinski definition) is 11. The van der Waals surface area contributed by atoms with E-state index in [2.05, 4.69) is 26.7 Å². The number of aromatic nitrogens is 2. The Bertz CT molecular complexity index is 1350. The highest BCUT2D eigenvalue weighted by Gasteiger charge is 2.27. The number of benzene rings is 1. The number of likely N-dealkylation sites (N-methyl/N-ethyl adjacent to an activating group) is 1. The number of nitriles is 1. The van der Waals surface area contributed by atoms with Crippen molar-refractivity contribution in [3.8, 4) is 11.8 Å². The predicted molar refractivity (Wildman–Crippen MR) is 137 cm³/mol. The number of methoxy groups -OCH3 is 2. The molecule has 0 spiro atoms. The van der Waals surface area contributed by atoms with Gasteiger partial charge in [-0.05, 0) is 49.7 Å². The molecule has 2 aromatic heterocycles. The molecule has 0 radical (unpaired) electrons. The molecule has 186 valence electrons. The molecule has 4 rings (SSSR count). The summed E-state index contributed by atoms with van der Waals surface area (Å²) in [4.78, 5) is 37.4. The van der Waals surface area contributed by atoms with Crippen LogP contribution in [0.15, 0.2) is 29.8 Å². The zero-order valence-corrected chi connectivity index (χ0v) is 21.1. The maximum Gasteiger partial charge on any atom is 0.350 e. The van der Waals surface area contributed by atoms with Crippen molar-refractivity contribution in [1.82, 2.24) is 14.9 Å². The summed E-state index contributed by atoms with van der Waals surface area (Å²) in [6, 6.07) is 7.50. The topological polar surface area (TPSA) is 133 Å². The van der Waals surface area contributed by atoms with E-state index in [-0.39, 0.29) is 23.2 Å². The number of thiophene rings is 1. The Kier molecular flexibility index (Phi) is 7.33. The normalized spacial score (nSPS) is 12.2. The van der Waals surface area contributed by atoms with Crippen molar-refractivity contribution < 1.29 is 19.1 Å². The first kappa shape index (κ1) is 24.9. The first-order valence-electron chi connectivity index (χ1n) is 11.0. The highest BCUT2D eigenvalue weighted by molar-refractivity contribution is 7.12. The second kappa shape index (κ2) is 10.6. The number of ether oxygens (including phenoxy) is 2. The van der Waals surface area contributed by atoms with E-state index in [4.69, 9.17) is 9.47 Å². The number of anilines is 5. The minimum Gasteiger partial charge on any atom is -0.495 e. The van der Waals surface area contributed by atoms with E-state index >= 15 is 0 Å². The minimum absolute atomic E-state index is 0.00755. The molecule has 1 amide bonds. The first-order valence-corrected chi connectivity index (χ1v) is 11.9. The Labute approximate surface area is 212 Å². The second-order valence-corrected chi connectivity index (χ2v) is 9.10. The zero-order chi connectivity index (χ0) is 25.8. The van der Waals surface area contributed by atoms with E-state index in [0.717, 1.165) is 17.7 Å². The number of hydrogen-bond donors (Lipinski definition) is 2. The molecule has 1 aromatic carbocycles. The van der Waals surface area contributed by atoms with Crippen LogP contribution >= 0.6 is 11.3 Å². The molecule has 0 bridgehead atoms. The van der Waals surface area contributed by atoms with Crippen LogP contribution < -0.4 is 20.3 Å². The monoisotopic (exact) mass is 507 g/mol. The quantitative estimate of drug-likeness (QED) is 0.438. The second-order valence-electron chi connectivity index (χ2n) is 8.19. The summed E-state index contributed by atoms with van der Waals surface area (Å²) in [7, 11) is 6.58. The van der Waals surface area contributed by atoms with Crippen molar-refractivity contribution in [2.75, 3.05) is 56.9 Å². The van der Waals surface area contributed by atoms with Crippen LogP contribution in [-0.4, -0.2) is 68.1 Å². The molecule has 1 aliphatic heterocycles. The number of carbonyl (C=O) groups is 2. The lowest BCUT2D eigenvalue weighted by atomic mass is 10.1. The summed E-state index contributed by atoms with van der Waals surface area (Å²) in [6.07, 6.45) is 2.12. The van der Waals surface area contributed by atoms with E-state index in [9.17, 15) is 14.9 Å². The Morgan fingerprint density at radius 2 is 2.06 bits per heavy atom. The van der Waals surface area contributed by atoms with Crippen LogP contribution in [0, 0.1) is 11.3 Å². The smallest absolute Gasteiger partial charge is 0.350 e. The third-order valence-electron chi connectivity index (χ3n) is 5.49. The molecule has 0 unspecified atom stereocenters. The van der Waals surface area contributed by atoms with E-state index in [1.165, 1.54) is 24.6 Å². The van der Waals surface area contributed by atoms with Gasteiger partial charge in [-0.1, -0.05) is 0 Å². The Hall–Kier alpha value is -4.21. The van der Waals surface area contributed by atoms with Gasteiger partial charge in [-0.3, -0.25) is 4.79 Å². The van der Waals surface area contributed by atoms with Gasteiger partial charge in [0.05, 0.1) is 38.3 Å².